The normalized spacial score (nSPS) is 11.0. The molecule has 0 bridgehead atoms. The number of H-pyrrole nitrogens is 1. The third-order valence-corrected chi connectivity index (χ3v) is 9.82. The zero-order chi connectivity index (χ0) is 40.3. The third kappa shape index (κ3) is 8.72. The maximum absolute atomic E-state index is 12.5. The Bertz CT molecular complexity index is 2660. The Kier molecular flexibility index (Phi) is 11.5. The number of amides is 2. The number of anilines is 2. The predicted octanol–water partition coefficient (Wildman–Crippen LogP) is 10.9. The first-order valence-electron chi connectivity index (χ1n) is 19.1. The molecule has 9 rings (SSSR count). The lowest BCUT2D eigenvalue weighted by Gasteiger charge is -2.37. The van der Waals surface area contributed by atoms with Gasteiger partial charge < -0.3 is 9.47 Å². The van der Waals surface area contributed by atoms with Gasteiger partial charge in [0, 0.05) is 22.1 Å². The number of aromatic nitrogens is 4. The van der Waals surface area contributed by atoms with Gasteiger partial charge in [-0.05, 0) is 64.2 Å². The van der Waals surface area contributed by atoms with Crippen molar-refractivity contribution in [3.63, 3.8) is 0 Å². The molecule has 0 fully saturated rings. The van der Waals surface area contributed by atoms with Gasteiger partial charge in [-0.2, -0.15) is 10.2 Å². The van der Waals surface area contributed by atoms with Gasteiger partial charge in [0.05, 0.1) is 23.4 Å². The van der Waals surface area contributed by atoms with Crippen molar-refractivity contribution in [1.29, 1.82) is 0 Å². The van der Waals surface area contributed by atoms with Gasteiger partial charge in [0.2, 0.25) is 0 Å². The molecule has 10 nitrogen and oxygen atoms in total. The number of nitrogens with one attached hydrogen (secondary N) is 3. The average molecular weight is 777 g/mol. The van der Waals surface area contributed by atoms with Gasteiger partial charge in [0.1, 0.15) is 18.8 Å². The van der Waals surface area contributed by atoms with Crippen LogP contribution in [0.5, 0.6) is 0 Å². The summed E-state index contributed by atoms with van der Waals surface area (Å²) >= 11 is 0. The first kappa shape index (κ1) is 37.9. The van der Waals surface area contributed by atoms with Gasteiger partial charge in [-0.1, -0.05) is 152 Å². The first-order valence-corrected chi connectivity index (χ1v) is 19.1. The molecule has 0 aliphatic heterocycles. The third-order valence-electron chi connectivity index (χ3n) is 9.82. The van der Waals surface area contributed by atoms with Gasteiger partial charge in [-0.3, -0.25) is 15.7 Å². The molecule has 290 valence electrons. The van der Waals surface area contributed by atoms with Crippen molar-refractivity contribution in [2.75, 3.05) is 10.6 Å². The fourth-order valence-corrected chi connectivity index (χ4v) is 7.06. The molecule has 9 aromatic rings. The van der Waals surface area contributed by atoms with Crippen molar-refractivity contribution in [2.24, 2.45) is 0 Å². The number of ether oxygens (including phenoxy) is 2. The molecule has 0 aliphatic rings. The quantitative estimate of drug-likeness (QED) is 0.119. The van der Waals surface area contributed by atoms with E-state index in [0.29, 0.717) is 11.4 Å². The molecule has 0 radical (unpaired) electrons. The Hall–Kier alpha value is -7.98. The Balaban J connectivity index is 0.000000203. The number of nitrogens with zero attached hydrogens (tertiary/aromatic N) is 3. The minimum absolute atomic E-state index is 0.209. The summed E-state index contributed by atoms with van der Waals surface area (Å²) < 4.78 is 12.6. The molecule has 0 aliphatic carbocycles. The number of hydrogen-bond acceptors (Lipinski definition) is 6. The van der Waals surface area contributed by atoms with E-state index in [1.165, 1.54) is 0 Å². The summed E-state index contributed by atoms with van der Waals surface area (Å²) in [5.74, 6) is 0. The van der Waals surface area contributed by atoms with Gasteiger partial charge in [0.25, 0.3) is 0 Å². The van der Waals surface area contributed by atoms with Gasteiger partial charge in [-0.15, -0.1) is 0 Å². The smallest absolute Gasteiger partial charge is 0.411 e. The second kappa shape index (κ2) is 17.9. The maximum Gasteiger partial charge on any atom is 0.411 e. The van der Waals surface area contributed by atoms with Crippen LogP contribution in [0.15, 0.2) is 200 Å². The molecule has 0 saturated carbocycles. The van der Waals surface area contributed by atoms with Crippen LogP contribution in [0.2, 0.25) is 0 Å². The van der Waals surface area contributed by atoms with Crippen LogP contribution in [0.25, 0.3) is 21.8 Å². The lowest BCUT2D eigenvalue weighted by molar-refractivity contribution is 0.154. The van der Waals surface area contributed by atoms with Crippen LogP contribution in [0.1, 0.15) is 27.8 Å². The molecule has 0 saturated heterocycles. The molecule has 2 heterocycles. The molecule has 3 N–H and O–H groups in total. The van der Waals surface area contributed by atoms with Gasteiger partial charge in [-0.25, -0.2) is 14.3 Å². The number of fused-ring (bicyclic) bond motifs is 2. The van der Waals surface area contributed by atoms with Crippen LogP contribution in [-0.4, -0.2) is 32.2 Å². The van der Waals surface area contributed by atoms with Crippen LogP contribution in [0, 0.1) is 0 Å². The molecule has 2 aromatic heterocycles. The van der Waals surface area contributed by atoms with E-state index in [9.17, 15) is 9.59 Å². The average Bonchev–Trinajstić information content (AvgIpc) is 3.95. The van der Waals surface area contributed by atoms with E-state index in [0.717, 1.165) is 49.6 Å². The van der Waals surface area contributed by atoms with Crippen LogP contribution >= 0.6 is 0 Å². The molecule has 0 unspecified atom stereocenters. The molecular formula is C49H40N6O4. The highest BCUT2D eigenvalue weighted by Crippen LogP contribution is 2.42. The molecular weight excluding hydrogens is 737 g/mol. The molecule has 7 aromatic carbocycles. The topological polar surface area (TPSA) is 123 Å². The second-order valence-corrected chi connectivity index (χ2v) is 13.7. The molecule has 59 heavy (non-hydrogen) atoms. The Labute approximate surface area is 341 Å². The van der Waals surface area contributed by atoms with Crippen molar-refractivity contribution in [3.8, 4) is 0 Å². The number of carbonyl (C=O) groups excluding carboxylic acids is 2. The highest BCUT2D eigenvalue weighted by molar-refractivity contribution is 5.91. The Morgan fingerprint density at radius 1 is 0.525 bits per heavy atom. The zero-order valence-electron chi connectivity index (χ0n) is 31.9. The maximum atomic E-state index is 12.5. The number of carbonyl (C=O) groups is 2. The summed E-state index contributed by atoms with van der Waals surface area (Å²) in [7, 11) is 0. The van der Waals surface area contributed by atoms with Crippen LogP contribution in [0.4, 0.5) is 21.0 Å². The van der Waals surface area contributed by atoms with Gasteiger partial charge in [0.15, 0.2) is 0 Å². The zero-order valence-corrected chi connectivity index (χ0v) is 31.9. The number of rotatable bonds is 10. The largest absolute Gasteiger partial charge is 0.444 e. The second-order valence-electron chi connectivity index (χ2n) is 13.7. The van der Waals surface area contributed by atoms with E-state index in [2.05, 4.69) is 98.3 Å². The van der Waals surface area contributed by atoms with E-state index in [4.69, 9.17) is 14.6 Å². The van der Waals surface area contributed by atoms with Crippen molar-refractivity contribution in [1.82, 2.24) is 20.0 Å². The summed E-state index contributed by atoms with van der Waals surface area (Å²) in [5.41, 5.74) is 7.65. The SMILES string of the molecule is O=C(Nc1ccc2[nH]ncc2c1)OCc1ccccc1.O=C(Nc1ccc2c(cnn2C(c2ccccc2)(c2ccccc2)c2ccccc2)c1)OCc1ccccc1. The molecule has 2 amide bonds. The fraction of sp³-hybridized carbons (Fsp3) is 0.0612. The number of aromatic amines is 1. The summed E-state index contributed by atoms with van der Waals surface area (Å²) in [6, 6.07) is 61.8. The van der Waals surface area contributed by atoms with Crippen molar-refractivity contribution >= 4 is 45.4 Å². The number of benzene rings is 7. The van der Waals surface area contributed by atoms with Crippen molar-refractivity contribution in [2.45, 2.75) is 18.8 Å². The first-order chi connectivity index (χ1) is 29.1. The fourth-order valence-electron chi connectivity index (χ4n) is 7.06. The summed E-state index contributed by atoms with van der Waals surface area (Å²) in [5, 5.41) is 19.1. The standard InChI is InChI=1S/C34H27N3O2.C15H13N3O2/c38-33(39-25-26-13-5-1-6-14-26)36-31-21-22-32-27(23-31)24-35-37(32)34(28-15-7-2-8-16-28,29-17-9-3-10-18-29)30-19-11-4-12-20-30;19-15(20-10-11-4-2-1-3-5-11)17-13-6-7-14-12(8-13)9-16-18-14/h1-24H,25H2,(H,36,38);1-9H,10H2,(H,16,18)(H,17,19). The number of hydrogen-bond donors (Lipinski definition) is 3. The molecule has 0 spiro atoms. The summed E-state index contributed by atoms with van der Waals surface area (Å²) in [6.07, 6.45) is 2.57. The van der Waals surface area contributed by atoms with Crippen LogP contribution < -0.4 is 10.6 Å². The highest BCUT2D eigenvalue weighted by Gasteiger charge is 2.40. The van der Waals surface area contributed by atoms with E-state index in [-0.39, 0.29) is 13.2 Å². The molecule has 0 atom stereocenters. The van der Waals surface area contributed by atoms with E-state index in [1.54, 1.807) is 12.3 Å². The van der Waals surface area contributed by atoms with Crippen LogP contribution in [0.3, 0.4) is 0 Å². The monoisotopic (exact) mass is 776 g/mol. The van der Waals surface area contributed by atoms with Gasteiger partial charge >= 0.3 is 12.2 Å². The van der Waals surface area contributed by atoms with Crippen molar-refractivity contribution < 1.29 is 19.1 Å². The van der Waals surface area contributed by atoms with E-state index >= 15 is 0 Å². The predicted molar refractivity (Wildman–Crippen MR) is 231 cm³/mol. The van der Waals surface area contributed by atoms with E-state index in [1.807, 2.05) is 115 Å². The summed E-state index contributed by atoms with van der Waals surface area (Å²) in [4.78, 5) is 24.2. The lowest BCUT2D eigenvalue weighted by atomic mass is 9.77. The Morgan fingerprint density at radius 2 is 0.966 bits per heavy atom. The lowest BCUT2D eigenvalue weighted by Crippen LogP contribution is -2.38. The molecule has 10 heteroatoms. The minimum atomic E-state index is -0.713. The van der Waals surface area contributed by atoms with E-state index < -0.39 is 17.7 Å². The minimum Gasteiger partial charge on any atom is -0.444 e. The Morgan fingerprint density at radius 3 is 1.46 bits per heavy atom. The highest BCUT2D eigenvalue weighted by atomic mass is 16.6. The summed E-state index contributed by atoms with van der Waals surface area (Å²) in [6.45, 7) is 0.460. The van der Waals surface area contributed by atoms with Crippen molar-refractivity contribution in [3.05, 3.63) is 228 Å². The van der Waals surface area contributed by atoms with Crippen LogP contribution in [-0.2, 0) is 28.2 Å².